The molecule has 0 aliphatic heterocycles. The Labute approximate surface area is 87.1 Å². The number of hydrogen-bond acceptors (Lipinski definition) is 2. The van der Waals surface area contributed by atoms with Crippen LogP contribution in [0.4, 0.5) is 5.82 Å². The van der Waals surface area contributed by atoms with Gasteiger partial charge in [-0.15, -0.1) is 0 Å². The van der Waals surface area contributed by atoms with Crippen molar-refractivity contribution in [3.8, 4) is 5.69 Å². The van der Waals surface area contributed by atoms with Crippen LogP contribution in [0, 0.1) is 6.92 Å². The number of nitrogens with zero attached hydrogens (tertiary/aromatic N) is 2. The van der Waals surface area contributed by atoms with Crippen molar-refractivity contribution >= 4 is 17.4 Å². The highest BCUT2D eigenvalue weighted by molar-refractivity contribution is 6.30. The van der Waals surface area contributed by atoms with Crippen molar-refractivity contribution in [1.29, 1.82) is 0 Å². The molecule has 2 aromatic rings. The van der Waals surface area contributed by atoms with E-state index >= 15 is 0 Å². The number of aryl methyl sites for hydroxylation is 1. The largest absolute Gasteiger partial charge is 0.384 e. The minimum atomic E-state index is 0.607. The fourth-order valence-corrected chi connectivity index (χ4v) is 1.49. The lowest BCUT2D eigenvalue weighted by Gasteiger charge is -2.07. The number of hydrogen-bond donors (Lipinski definition) is 1. The second-order valence-corrected chi connectivity index (χ2v) is 3.54. The van der Waals surface area contributed by atoms with Crippen LogP contribution in [0.25, 0.3) is 5.69 Å². The quantitative estimate of drug-likeness (QED) is 0.781. The minimum Gasteiger partial charge on any atom is -0.384 e. The van der Waals surface area contributed by atoms with Crippen LogP contribution in [0.2, 0.25) is 5.02 Å². The standard InChI is InChI=1S/C10H10ClN3/c1-7-2-3-8(11)6-9(7)14-10(12)4-5-13-14/h2-6H,12H2,1H3. The summed E-state index contributed by atoms with van der Waals surface area (Å²) in [4.78, 5) is 0. The first kappa shape index (κ1) is 9.09. The molecule has 4 heteroatoms. The minimum absolute atomic E-state index is 0.607. The fourth-order valence-electron chi connectivity index (χ4n) is 1.33. The van der Waals surface area contributed by atoms with Gasteiger partial charge < -0.3 is 5.73 Å². The third-order valence-corrected chi connectivity index (χ3v) is 2.31. The molecule has 72 valence electrons. The zero-order valence-electron chi connectivity index (χ0n) is 7.74. The Balaban J connectivity index is 2.62. The lowest BCUT2D eigenvalue weighted by atomic mass is 10.2. The van der Waals surface area contributed by atoms with Crippen LogP contribution < -0.4 is 5.73 Å². The molecule has 0 aliphatic carbocycles. The van der Waals surface area contributed by atoms with Gasteiger partial charge in [0.05, 0.1) is 11.9 Å². The van der Waals surface area contributed by atoms with Crippen LogP contribution in [-0.4, -0.2) is 9.78 Å². The first-order chi connectivity index (χ1) is 6.68. The first-order valence-corrected chi connectivity index (χ1v) is 4.62. The van der Waals surface area contributed by atoms with Gasteiger partial charge in [0.25, 0.3) is 0 Å². The van der Waals surface area contributed by atoms with E-state index in [1.54, 1.807) is 16.9 Å². The van der Waals surface area contributed by atoms with Crippen LogP contribution in [0.5, 0.6) is 0 Å². The molecule has 0 saturated carbocycles. The number of nitrogen functional groups attached to an aromatic ring is 1. The van der Waals surface area contributed by atoms with Crippen molar-refractivity contribution in [2.75, 3.05) is 5.73 Å². The van der Waals surface area contributed by atoms with Crippen molar-refractivity contribution in [3.05, 3.63) is 41.0 Å². The summed E-state index contributed by atoms with van der Waals surface area (Å²) in [5.74, 6) is 0.607. The van der Waals surface area contributed by atoms with Crippen LogP contribution >= 0.6 is 11.6 Å². The Morgan fingerprint density at radius 2 is 2.14 bits per heavy atom. The highest BCUT2D eigenvalue weighted by Crippen LogP contribution is 2.20. The van der Waals surface area contributed by atoms with Crippen LogP contribution in [0.1, 0.15) is 5.56 Å². The van der Waals surface area contributed by atoms with Crippen LogP contribution in [0.15, 0.2) is 30.5 Å². The maximum Gasteiger partial charge on any atom is 0.127 e. The molecule has 0 bridgehead atoms. The van der Waals surface area contributed by atoms with Gasteiger partial charge in [0.15, 0.2) is 0 Å². The van der Waals surface area contributed by atoms with E-state index in [4.69, 9.17) is 17.3 Å². The van der Waals surface area contributed by atoms with E-state index in [9.17, 15) is 0 Å². The second-order valence-electron chi connectivity index (χ2n) is 3.10. The van der Waals surface area contributed by atoms with Gasteiger partial charge in [-0.1, -0.05) is 17.7 Å². The number of aromatic nitrogens is 2. The smallest absolute Gasteiger partial charge is 0.127 e. The van der Waals surface area contributed by atoms with Crippen LogP contribution in [0.3, 0.4) is 0 Å². The summed E-state index contributed by atoms with van der Waals surface area (Å²) < 4.78 is 1.67. The summed E-state index contributed by atoms with van der Waals surface area (Å²) in [6, 6.07) is 7.39. The molecule has 0 radical (unpaired) electrons. The van der Waals surface area contributed by atoms with E-state index in [1.807, 2.05) is 25.1 Å². The maximum atomic E-state index is 5.90. The van der Waals surface area contributed by atoms with Gasteiger partial charge >= 0.3 is 0 Å². The van der Waals surface area contributed by atoms with E-state index in [1.165, 1.54) is 0 Å². The summed E-state index contributed by atoms with van der Waals surface area (Å²) in [6.45, 7) is 1.99. The molecule has 1 aromatic carbocycles. The molecule has 1 aromatic heterocycles. The van der Waals surface area contributed by atoms with Gasteiger partial charge in [0, 0.05) is 11.1 Å². The number of halogens is 1. The average Bonchev–Trinajstić information content (AvgIpc) is 2.56. The van der Waals surface area contributed by atoms with E-state index < -0.39 is 0 Å². The molecule has 1 heterocycles. The lowest BCUT2D eigenvalue weighted by Crippen LogP contribution is -2.03. The molecule has 2 rings (SSSR count). The van der Waals surface area contributed by atoms with E-state index in [0.717, 1.165) is 11.3 Å². The number of benzene rings is 1. The monoisotopic (exact) mass is 207 g/mol. The summed E-state index contributed by atoms with van der Waals surface area (Å²) >= 11 is 5.90. The summed E-state index contributed by atoms with van der Waals surface area (Å²) in [5, 5.41) is 4.80. The predicted octanol–water partition coefficient (Wildman–Crippen LogP) is 2.42. The first-order valence-electron chi connectivity index (χ1n) is 4.24. The van der Waals surface area contributed by atoms with Gasteiger partial charge in [-0.25, -0.2) is 4.68 Å². The molecule has 0 saturated heterocycles. The summed E-state index contributed by atoms with van der Waals surface area (Å²) in [7, 11) is 0. The summed E-state index contributed by atoms with van der Waals surface area (Å²) in [5.41, 5.74) is 7.75. The zero-order chi connectivity index (χ0) is 10.1. The zero-order valence-corrected chi connectivity index (χ0v) is 8.49. The predicted molar refractivity (Wildman–Crippen MR) is 57.7 cm³/mol. The molecule has 0 spiro atoms. The van der Waals surface area contributed by atoms with Crippen molar-refractivity contribution in [2.45, 2.75) is 6.92 Å². The Morgan fingerprint density at radius 3 is 2.79 bits per heavy atom. The van der Waals surface area contributed by atoms with Crippen molar-refractivity contribution in [2.24, 2.45) is 0 Å². The summed E-state index contributed by atoms with van der Waals surface area (Å²) in [6.07, 6.45) is 1.66. The molecule has 0 fully saturated rings. The van der Waals surface area contributed by atoms with Crippen LogP contribution in [-0.2, 0) is 0 Å². The fraction of sp³-hybridized carbons (Fsp3) is 0.100. The Bertz CT molecular complexity index is 462. The molecule has 0 unspecified atom stereocenters. The molecule has 0 amide bonds. The Kier molecular flexibility index (Phi) is 2.17. The third kappa shape index (κ3) is 1.46. The Hall–Kier alpha value is -1.48. The molecule has 2 N–H and O–H groups in total. The topological polar surface area (TPSA) is 43.8 Å². The highest BCUT2D eigenvalue weighted by atomic mass is 35.5. The van der Waals surface area contributed by atoms with Gasteiger partial charge in [-0.05, 0) is 24.6 Å². The number of nitrogens with two attached hydrogens (primary N) is 1. The molecule has 3 nitrogen and oxygen atoms in total. The molecular weight excluding hydrogens is 198 g/mol. The Morgan fingerprint density at radius 1 is 1.36 bits per heavy atom. The molecule has 0 aliphatic rings. The second kappa shape index (κ2) is 3.35. The van der Waals surface area contributed by atoms with E-state index in [2.05, 4.69) is 5.10 Å². The van der Waals surface area contributed by atoms with Gasteiger partial charge in [-0.2, -0.15) is 5.10 Å². The van der Waals surface area contributed by atoms with Crippen molar-refractivity contribution in [3.63, 3.8) is 0 Å². The third-order valence-electron chi connectivity index (χ3n) is 2.07. The van der Waals surface area contributed by atoms with Gasteiger partial charge in [-0.3, -0.25) is 0 Å². The lowest BCUT2D eigenvalue weighted by molar-refractivity contribution is 0.883. The van der Waals surface area contributed by atoms with Gasteiger partial charge in [0.2, 0.25) is 0 Å². The van der Waals surface area contributed by atoms with E-state index in [0.29, 0.717) is 10.8 Å². The number of anilines is 1. The van der Waals surface area contributed by atoms with Crippen molar-refractivity contribution in [1.82, 2.24) is 9.78 Å². The molecule has 14 heavy (non-hydrogen) atoms. The maximum absolute atomic E-state index is 5.90. The molecule has 0 atom stereocenters. The average molecular weight is 208 g/mol. The van der Waals surface area contributed by atoms with Crippen molar-refractivity contribution < 1.29 is 0 Å². The SMILES string of the molecule is Cc1ccc(Cl)cc1-n1nccc1N. The number of rotatable bonds is 1. The highest BCUT2D eigenvalue weighted by Gasteiger charge is 2.05. The normalized spacial score (nSPS) is 10.4. The van der Waals surface area contributed by atoms with E-state index in [-0.39, 0.29) is 0 Å². The van der Waals surface area contributed by atoms with Gasteiger partial charge in [0.1, 0.15) is 5.82 Å². The molecular formula is C10H10ClN3.